The Labute approximate surface area is 189 Å². The van der Waals surface area contributed by atoms with E-state index in [0.717, 1.165) is 34.6 Å². The molecule has 2 amide bonds. The molecule has 2 heterocycles. The minimum absolute atomic E-state index is 0.0653. The van der Waals surface area contributed by atoms with Crippen molar-refractivity contribution < 1.29 is 18.0 Å². The summed E-state index contributed by atoms with van der Waals surface area (Å²) in [5.74, 6) is -0.337. The molecule has 0 spiro atoms. The number of nitrogens with zero attached hydrogens (tertiary/aromatic N) is 3. The lowest BCUT2D eigenvalue weighted by molar-refractivity contribution is -0.117. The minimum atomic E-state index is -3.99. The highest BCUT2D eigenvalue weighted by molar-refractivity contribution is 7.94. The largest absolute Gasteiger partial charge is 0.312 e. The first-order valence-corrected chi connectivity index (χ1v) is 12.2. The van der Waals surface area contributed by atoms with Gasteiger partial charge in [-0.1, -0.05) is 29.0 Å². The molecule has 2 N–H and O–H groups in total. The summed E-state index contributed by atoms with van der Waals surface area (Å²) in [5, 5.41) is 10.1. The van der Waals surface area contributed by atoms with Crippen molar-refractivity contribution in [3.63, 3.8) is 0 Å². The molecule has 11 heteroatoms. The highest BCUT2D eigenvalue weighted by atomic mass is 32.2. The van der Waals surface area contributed by atoms with Crippen molar-refractivity contribution in [1.29, 1.82) is 0 Å². The molecule has 1 aliphatic rings. The van der Waals surface area contributed by atoms with Crippen LogP contribution in [0.4, 0.5) is 16.5 Å². The fraction of sp³-hybridized carbons (Fsp3) is 0.238. The molecular weight excluding hydrogens is 450 g/mol. The number of anilines is 3. The number of carbonyl (C=O) groups is 2. The van der Waals surface area contributed by atoms with Gasteiger partial charge in [0, 0.05) is 29.9 Å². The van der Waals surface area contributed by atoms with E-state index < -0.39 is 15.9 Å². The van der Waals surface area contributed by atoms with Crippen molar-refractivity contribution in [2.45, 2.75) is 31.0 Å². The SMILES string of the molecule is Cc1ccc(C(=O)Nc2nnc(S(=O)(=O)Nc3ccc(N4CCCC4=O)c(C)c3)s2)cc1. The van der Waals surface area contributed by atoms with Crippen LogP contribution in [-0.2, 0) is 14.8 Å². The number of sulfonamides is 1. The van der Waals surface area contributed by atoms with Crippen LogP contribution in [0.5, 0.6) is 0 Å². The maximum absolute atomic E-state index is 12.7. The topological polar surface area (TPSA) is 121 Å². The molecule has 1 aliphatic heterocycles. The highest BCUT2D eigenvalue weighted by Crippen LogP contribution is 2.29. The Kier molecular flexibility index (Phi) is 5.94. The zero-order valence-corrected chi connectivity index (χ0v) is 19.1. The molecule has 0 bridgehead atoms. The Morgan fingerprint density at radius 3 is 2.50 bits per heavy atom. The molecule has 32 heavy (non-hydrogen) atoms. The van der Waals surface area contributed by atoms with Gasteiger partial charge < -0.3 is 4.90 Å². The van der Waals surface area contributed by atoms with E-state index in [1.54, 1.807) is 35.2 Å². The number of aromatic nitrogens is 2. The number of hydrogen-bond acceptors (Lipinski definition) is 7. The van der Waals surface area contributed by atoms with Crippen molar-refractivity contribution >= 4 is 49.7 Å². The van der Waals surface area contributed by atoms with Crippen molar-refractivity contribution in [2.75, 3.05) is 21.5 Å². The zero-order valence-electron chi connectivity index (χ0n) is 17.5. The number of carbonyl (C=O) groups excluding carboxylic acids is 2. The zero-order chi connectivity index (χ0) is 22.9. The van der Waals surface area contributed by atoms with Gasteiger partial charge >= 0.3 is 0 Å². The summed E-state index contributed by atoms with van der Waals surface area (Å²) in [4.78, 5) is 26.0. The third kappa shape index (κ3) is 4.63. The predicted molar refractivity (Wildman–Crippen MR) is 123 cm³/mol. The average molecular weight is 472 g/mol. The van der Waals surface area contributed by atoms with Crippen LogP contribution in [0.3, 0.4) is 0 Å². The van der Waals surface area contributed by atoms with Gasteiger partial charge in [0.25, 0.3) is 20.3 Å². The number of benzene rings is 2. The maximum Gasteiger partial charge on any atom is 0.291 e. The van der Waals surface area contributed by atoms with Gasteiger partial charge in [0.2, 0.25) is 11.0 Å². The van der Waals surface area contributed by atoms with Gasteiger partial charge in [-0.3, -0.25) is 19.6 Å². The van der Waals surface area contributed by atoms with Crippen molar-refractivity contribution in [3.8, 4) is 0 Å². The fourth-order valence-corrected chi connectivity index (χ4v) is 5.31. The van der Waals surface area contributed by atoms with E-state index in [1.165, 1.54) is 0 Å². The maximum atomic E-state index is 12.7. The molecular formula is C21H21N5O4S2. The van der Waals surface area contributed by atoms with Crippen LogP contribution in [0.15, 0.2) is 46.8 Å². The molecule has 166 valence electrons. The lowest BCUT2D eigenvalue weighted by Gasteiger charge is -2.19. The molecule has 0 atom stereocenters. The summed E-state index contributed by atoms with van der Waals surface area (Å²) >= 11 is 0.756. The molecule has 1 fully saturated rings. The molecule has 0 unspecified atom stereocenters. The van der Waals surface area contributed by atoms with Gasteiger partial charge in [-0.15, -0.1) is 10.2 Å². The van der Waals surface area contributed by atoms with E-state index in [0.29, 0.717) is 24.2 Å². The smallest absolute Gasteiger partial charge is 0.291 e. The number of nitrogens with one attached hydrogen (secondary N) is 2. The Morgan fingerprint density at radius 1 is 1.09 bits per heavy atom. The molecule has 0 aliphatic carbocycles. The summed E-state index contributed by atoms with van der Waals surface area (Å²) in [6, 6.07) is 12.0. The van der Waals surface area contributed by atoms with Crippen molar-refractivity contribution in [1.82, 2.24) is 10.2 Å². The number of aryl methyl sites for hydroxylation is 2. The molecule has 9 nitrogen and oxygen atoms in total. The fourth-order valence-electron chi connectivity index (χ4n) is 3.37. The first kappa shape index (κ1) is 21.9. The molecule has 4 rings (SSSR count). The summed E-state index contributed by atoms with van der Waals surface area (Å²) in [5.41, 5.74) is 3.35. The Morgan fingerprint density at radius 2 is 1.84 bits per heavy atom. The second kappa shape index (κ2) is 8.67. The summed E-state index contributed by atoms with van der Waals surface area (Å²) < 4.78 is 27.7. The monoisotopic (exact) mass is 471 g/mol. The Bertz CT molecular complexity index is 1290. The van der Waals surface area contributed by atoms with Gasteiger partial charge in [-0.2, -0.15) is 8.42 Å². The summed E-state index contributed by atoms with van der Waals surface area (Å²) in [6.07, 6.45) is 1.33. The van der Waals surface area contributed by atoms with Crippen LogP contribution >= 0.6 is 11.3 Å². The molecule has 1 aromatic heterocycles. The average Bonchev–Trinajstić information content (AvgIpc) is 3.38. The van der Waals surface area contributed by atoms with Gasteiger partial charge in [-0.25, -0.2) is 0 Å². The summed E-state index contributed by atoms with van der Waals surface area (Å²) in [6.45, 7) is 4.40. The second-order valence-electron chi connectivity index (χ2n) is 7.45. The molecule has 1 saturated heterocycles. The Hall–Kier alpha value is -3.31. The number of amides is 2. The van der Waals surface area contributed by atoms with Gasteiger partial charge in [-0.05, 0) is 56.2 Å². The van der Waals surface area contributed by atoms with Gasteiger partial charge in [0.05, 0.1) is 0 Å². The first-order valence-electron chi connectivity index (χ1n) is 9.88. The molecule has 3 aromatic rings. The van der Waals surface area contributed by atoms with Crippen LogP contribution in [0.1, 0.15) is 34.3 Å². The minimum Gasteiger partial charge on any atom is -0.312 e. The normalized spacial score (nSPS) is 13.9. The van der Waals surface area contributed by atoms with Crippen LogP contribution in [-0.4, -0.2) is 37.0 Å². The second-order valence-corrected chi connectivity index (χ2v) is 10.3. The molecule has 0 saturated carbocycles. The van der Waals surface area contributed by atoms with Crippen LogP contribution < -0.4 is 14.9 Å². The lowest BCUT2D eigenvalue weighted by atomic mass is 10.1. The van der Waals surface area contributed by atoms with E-state index in [1.807, 2.05) is 26.0 Å². The van der Waals surface area contributed by atoms with E-state index in [2.05, 4.69) is 20.2 Å². The highest BCUT2D eigenvalue weighted by Gasteiger charge is 2.25. The van der Waals surface area contributed by atoms with E-state index >= 15 is 0 Å². The molecule has 2 aromatic carbocycles. The first-order chi connectivity index (χ1) is 15.2. The van der Waals surface area contributed by atoms with Crippen molar-refractivity contribution in [2.24, 2.45) is 0 Å². The third-order valence-electron chi connectivity index (χ3n) is 4.98. The summed E-state index contributed by atoms with van der Waals surface area (Å²) in [7, 11) is -3.99. The Balaban J connectivity index is 1.46. The van der Waals surface area contributed by atoms with E-state index in [4.69, 9.17) is 0 Å². The third-order valence-corrected chi connectivity index (χ3v) is 7.57. The van der Waals surface area contributed by atoms with Crippen LogP contribution in [0.2, 0.25) is 0 Å². The van der Waals surface area contributed by atoms with Crippen molar-refractivity contribution in [3.05, 3.63) is 59.2 Å². The molecule has 0 radical (unpaired) electrons. The number of hydrogen-bond donors (Lipinski definition) is 2. The van der Waals surface area contributed by atoms with Crippen LogP contribution in [0, 0.1) is 13.8 Å². The predicted octanol–water partition coefficient (Wildman–Crippen LogP) is 3.33. The number of rotatable bonds is 6. The standard InChI is InChI=1S/C21H21N5O4S2/c1-13-5-7-15(8-6-13)19(28)22-20-23-24-21(31-20)32(29,30)25-16-9-10-17(14(2)12-16)26-11-3-4-18(26)27/h5-10,12,25H,3-4,11H2,1-2H3,(H,22,23,28). The van der Waals surface area contributed by atoms with Crippen LogP contribution in [0.25, 0.3) is 0 Å². The van der Waals surface area contributed by atoms with Gasteiger partial charge in [0.1, 0.15) is 0 Å². The van der Waals surface area contributed by atoms with Gasteiger partial charge in [0.15, 0.2) is 0 Å². The lowest BCUT2D eigenvalue weighted by Crippen LogP contribution is -2.24. The quantitative estimate of drug-likeness (QED) is 0.532. The van der Waals surface area contributed by atoms with E-state index in [9.17, 15) is 18.0 Å². The van der Waals surface area contributed by atoms with E-state index in [-0.39, 0.29) is 15.4 Å².